The molecule has 0 aromatic carbocycles. The van der Waals surface area contributed by atoms with E-state index in [1.54, 1.807) is 14.0 Å². The summed E-state index contributed by atoms with van der Waals surface area (Å²) >= 11 is 0. The van der Waals surface area contributed by atoms with Gasteiger partial charge in [0.05, 0.1) is 0 Å². The van der Waals surface area contributed by atoms with Gasteiger partial charge in [0.25, 0.3) is 0 Å². The van der Waals surface area contributed by atoms with Crippen molar-refractivity contribution in [2.75, 3.05) is 11.9 Å². The number of carboxylic acids is 1. The van der Waals surface area contributed by atoms with Gasteiger partial charge in [0, 0.05) is 13.6 Å². The van der Waals surface area contributed by atoms with Crippen LogP contribution in [0.4, 0.5) is 10.7 Å². The molecule has 1 saturated heterocycles. The van der Waals surface area contributed by atoms with Crippen LogP contribution in [0.5, 0.6) is 0 Å². The maximum atomic E-state index is 12.2. The molecule has 0 aliphatic carbocycles. The summed E-state index contributed by atoms with van der Waals surface area (Å²) in [4.78, 5) is 29.0. The number of aromatic nitrogens is 3. The number of hydrogen-bond donors (Lipinski definition) is 2. The summed E-state index contributed by atoms with van der Waals surface area (Å²) in [6, 6.07) is -0.446. The van der Waals surface area contributed by atoms with Gasteiger partial charge in [-0.05, 0) is 19.3 Å². The number of hydrogen-bond acceptors (Lipinski definition) is 4. The maximum absolute atomic E-state index is 12.2. The molecule has 0 saturated carbocycles. The molecule has 0 bridgehead atoms. The van der Waals surface area contributed by atoms with E-state index in [1.165, 1.54) is 15.9 Å². The molecule has 1 aromatic heterocycles. The zero-order valence-electron chi connectivity index (χ0n) is 11.0. The molecular formula is C11H17N5O3. The first-order valence-corrected chi connectivity index (χ1v) is 6.17. The SMILES string of the molecule is CCC1(C(=O)O)CCCN1C(=O)Nc1ncnn1C. The highest BCUT2D eigenvalue weighted by Crippen LogP contribution is 2.33. The number of aryl methyl sites for hydroxylation is 1. The number of carbonyl (C=O) groups is 2. The average molecular weight is 267 g/mol. The number of amides is 2. The van der Waals surface area contributed by atoms with Crippen LogP contribution in [0.1, 0.15) is 26.2 Å². The molecule has 0 radical (unpaired) electrons. The number of aliphatic carboxylic acids is 1. The summed E-state index contributed by atoms with van der Waals surface area (Å²) in [7, 11) is 1.65. The van der Waals surface area contributed by atoms with Crippen LogP contribution < -0.4 is 5.32 Å². The summed E-state index contributed by atoms with van der Waals surface area (Å²) in [6.07, 6.45) is 2.87. The fourth-order valence-corrected chi connectivity index (χ4v) is 2.49. The highest BCUT2D eigenvalue weighted by atomic mass is 16.4. The zero-order valence-corrected chi connectivity index (χ0v) is 11.0. The van der Waals surface area contributed by atoms with Crippen molar-refractivity contribution >= 4 is 17.9 Å². The predicted octanol–water partition coefficient (Wildman–Crippen LogP) is 0.676. The molecule has 104 valence electrons. The number of carboxylic acid groups (broad SMARTS) is 1. The summed E-state index contributed by atoms with van der Waals surface area (Å²) in [5, 5.41) is 15.8. The minimum atomic E-state index is -1.11. The Labute approximate surface area is 110 Å². The van der Waals surface area contributed by atoms with Crippen molar-refractivity contribution in [1.82, 2.24) is 19.7 Å². The Balaban J connectivity index is 2.18. The van der Waals surface area contributed by atoms with Gasteiger partial charge in [-0.3, -0.25) is 5.32 Å². The fraction of sp³-hybridized carbons (Fsp3) is 0.636. The molecule has 1 fully saturated rings. The fourth-order valence-electron chi connectivity index (χ4n) is 2.49. The van der Waals surface area contributed by atoms with Gasteiger partial charge in [-0.1, -0.05) is 6.92 Å². The lowest BCUT2D eigenvalue weighted by Crippen LogP contribution is -2.54. The van der Waals surface area contributed by atoms with Gasteiger partial charge >= 0.3 is 12.0 Å². The summed E-state index contributed by atoms with van der Waals surface area (Å²) in [5.74, 6) is -0.659. The van der Waals surface area contributed by atoms with Gasteiger partial charge < -0.3 is 10.0 Å². The number of urea groups is 1. The lowest BCUT2D eigenvalue weighted by atomic mass is 9.93. The minimum absolute atomic E-state index is 0.298. The van der Waals surface area contributed by atoms with Crippen LogP contribution >= 0.6 is 0 Å². The molecule has 2 N–H and O–H groups in total. The lowest BCUT2D eigenvalue weighted by Gasteiger charge is -2.33. The quantitative estimate of drug-likeness (QED) is 0.838. The number of carbonyl (C=O) groups excluding carboxylic acids is 1. The molecule has 1 aliphatic rings. The highest BCUT2D eigenvalue weighted by Gasteiger charge is 2.48. The van der Waals surface area contributed by atoms with Crippen molar-refractivity contribution in [3.05, 3.63) is 6.33 Å². The van der Waals surface area contributed by atoms with Crippen molar-refractivity contribution in [2.45, 2.75) is 31.7 Å². The first-order chi connectivity index (χ1) is 9.01. The summed E-state index contributed by atoms with van der Waals surface area (Å²) in [6.45, 7) is 2.21. The van der Waals surface area contributed by atoms with Crippen molar-refractivity contribution in [1.29, 1.82) is 0 Å². The van der Waals surface area contributed by atoms with E-state index in [1.807, 2.05) is 0 Å². The van der Waals surface area contributed by atoms with E-state index >= 15 is 0 Å². The predicted molar refractivity (Wildman–Crippen MR) is 66.6 cm³/mol. The van der Waals surface area contributed by atoms with Crippen LogP contribution in [0.15, 0.2) is 6.33 Å². The third-order valence-electron chi connectivity index (χ3n) is 3.65. The minimum Gasteiger partial charge on any atom is -0.479 e. The van der Waals surface area contributed by atoms with Gasteiger partial charge in [-0.25, -0.2) is 14.3 Å². The average Bonchev–Trinajstić information content (AvgIpc) is 2.96. The van der Waals surface area contributed by atoms with Crippen molar-refractivity contribution in [3.63, 3.8) is 0 Å². The van der Waals surface area contributed by atoms with E-state index in [2.05, 4.69) is 15.4 Å². The molecule has 1 unspecified atom stereocenters. The molecule has 2 heterocycles. The zero-order chi connectivity index (χ0) is 14.0. The number of anilines is 1. The Morgan fingerprint density at radius 3 is 2.84 bits per heavy atom. The molecule has 1 atom stereocenters. The van der Waals surface area contributed by atoms with E-state index < -0.39 is 17.5 Å². The van der Waals surface area contributed by atoms with Crippen molar-refractivity contribution in [3.8, 4) is 0 Å². The smallest absolute Gasteiger partial charge is 0.329 e. The second-order valence-electron chi connectivity index (χ2n) is 4.58. The van der Waals surface area contributed by atoms with Gasteiger partial charge in [-0.15, -0.1) is 0 Å². The third-order valence-corrected chi connectivity index (χ3v) is 3.65. The van der Waals surface area contributed by atoms with Crippen LogP contribution in [0.25, 0.3) is 0 Å². The van der Waals surface area contributed by atoms with Crippen LogP contribution in [-0.2, 0) is 11.8 Å². The maximum Gasteiger partial charge on any atom is 0.329 e. The van der Waals surface area contributed by atoms with E-state index in [9.17, 15) is 14.7 Å². The van der Waals surface area contributed by atoms with E-state index in [-0.39, 0.29) is 0 Å². The highest BCUT2D eigenvalue weighted by molar-refractivity contribution is 5.93. The Kier molecular flexibility index (Phi) is 3.41. The van der Waals surface area contributed by atoms with Crippen molar-refractivity contribution in [2.24, 2.45) is 7.05 Å². The summed E-state index contributed by atoms with van der Waals surface area (Å²) in [5.41, 5.74) is -1.11. The van der Waals surface area contributed by atoms with E-state index in [4.69, 9.17) is 0 Å². The molecule has 2 amide bonds. The molecule has 8 heteroatoms. The number of nitrogens with one attached hydrogen (secondary N) is 1. The van der Waals surface area contributed by atoms with E-state index in [0.29, 0.717) is 31.8 Å². The number of rotatable bonds is 3. The van der Waals surface area contributed by atoms with Crippen LogP contribution in [0, 0.1) is 0 Å². The normalized spacial score (nSPS) is 22.5. The molecule has 19 heavy (non-hydrogen) atoms. The van der Waals surface area contributed by atoms with Crippen LogP contribution in [-0.4, -0.2) is 48.9 Å². The Hall–Kier alpha value is -2.12. The van der Waals surface area contributed by atoms with Gasteiger partial charge in [0.1, 0.15) is 11.9 Å². The second kappa shape index (κ2) is 4.87. The monoisotopic (exact) mass is 267 g/mol. The molecule has 1 aromatic rings. The second-order valence-corrected chi connectivity index (χ2v) is 4.58. The Morgan fingerprint density at radius 2 is 2.32 bits per heavy atom. The molecule has 0 spiro atoms. The van der Waals surface area contributed by atoms with Crippen molar-refractivity contribution < 1.29 is 14.7 Å². The van der Waals surface area contributed by atoms with Gasteiger partial charge in [0.15, 0.2) is 0 Å². The van der Waals surface area contributed by atoms with Crippen LogP contribution in [0.3, 0.4) is 0 Å². The number of nitrogens with zero attached hydrogens (tertiary/aromatic N) is 4. The first kappa shape index (κ1) is 13.3. The standard InChI is InChI=1S/C11H17N5O3/c1-3-11(8(17)18)5-4-6-16(11)10(19)14-9-12-7-13-15(9)2/h7H,3-6H2,1-2H3,(H,17,18)(H,12,13,14,19). The van der Waals surface area contributed by atoms with Gasteiger partial charge in [0.2, 0.25) is 5.95 Å². The first-order valence-electron chi connectivity index (χ1n) is 6.17. The largest absolute Gasteiger partial charge is 0.479 e. The summed E-state index contributed by atoms with van der Waals surface area (Å²) < 4.78 is 1.42. The number of likely N-dealkylation sites (tertiary alicyclic amines) is 1. The third kappa shape index (κ3) is 2.13. The molecular weight excluding hydrogens is 250 g/mol. The molecule has 8 nitrogen and oxygen atoms in total. The Bertz CT molecular complexity index is 500. The van der Waals surface area contributed by atoms with Gasteiger partial charge in [-0.2, -0.15) is 10.1 Å². The van der Waals surface area contributed by atoms with E-state index in [0.717, 1.165) is 0 Å². The Morgan fingerprint density at radius 1 is 1.58 bits per heavy atom. The topological polar surface area (TPSA) is 100 Å². The molecule has 2 rings (SSSR count). The lowest BCUT2D eigenvalue weighted by molar-refractivity contribution is -0.148. The van der Waals surface area contributed by atoms with Crippen LogP contribution in [0.2, 0.25) is 0 Å². The molecule has 1 aliphatic heterocycles.